The molecule has 3 heteroatoms. The maximum Gasteiger partial charge on any atom is 0.209 e. The molecule has 0 unspecified atom stereocenters. The predicted molar refractivity (Wildman–Crippen MR) is 29.2 cm³/mol. The number of rotatable bonds is 1. The van der Waals surface area contributed by atoms with Crippen LogP contribution >= 0.6 is 0 Å². The van der Waals surface area contributed by atoms with E-state index >= 15 is 0 Å². The standard InChI is InChI=1S/C4H9N3/c1-3(5)7-4(2)6/h1,5H2,2H3,(H2,6,7)/p+1. The Morgan fingerprint density at radius 2 is 2.00 bits per heavy atom. The van der Waals surface area contributed by atoms with Crippen LogP contribution in [-0.2, 0) is 0 Å². The molecule has 5 N–H and O–H groups in total. The third-order valence-corrected chi connectivity index (χ3v) is 0.358. The summed E-state index contributed by atoms with van der Waals surface area (Å²) in [5.41, 5.74) is 10.2. The molecular weight excluding hydrogens is 90.1 g/mol. The fourth-order valence-electron chi connectivity index (χ4n) is 0.253. The highest BCUT2D eigenvalue weighted by atomic mass is 14.9. The number of amidine groups is 1. The molecule has 0 aromatic carbocycles. The summed E-state index contributed by atoms with van der Waals surface area (Å²) in [4.78, 5) is 2.58. The quantitative estimate of drug-likeness (QED) is 0.260. The lowest BCUT2D eigenvalue weighted by Gasteiger charge is -1.81. The minimum absolute atomic E-state index is 0.375. The van der Waals surface area contributed by atoms with Gasteiger partial charge < -0.3 is 11.5 Å². The molecule has 0 rings (SSSR count). The van der Waals surface area contributed by atoms with Crippen molar-refractivity contribution in [1.82, 2.24) is 0 Å². The van der Waals surface area contributed by atoms with Crippen LogP contribution in [0.25, 0.3) is 0 Å². The second kappa shape index (κ2) is 2.23. The van der Waals surface area contributed by atoms with Gasteiger partial charge in [0.1, 0.15) is 0 Å². The average Bonchev–Trinajstić information content (AvgIpc) is 1.27. The first-order chi connectivity index (χ1) is 3.13. The largest absolute Gasteiger partial charge is 0.323 e. The lowest BCUT2D eigenvalue weighted by Crippen LogP contribution is -2.74. The van der Waals surface area contributed by atoms with Crippen molar-refractivity contribution in [1.29, 1.82) is 0 Å². The fourth-order valence-corrected chi connectivity index (χ4v) is 0.253. The minimum Gasteiger partial charge on any atom is -0.323 e. The highest BCUT2D eigenvalue weighted by Gasteiger charge is 1.80. The maximum absolute atomic E-state index is 5.16. The average molecular weight is 100 g/mol. The summed E-state index contributed by atoms with van der Waals surface area (Å²) >= 11 is 0. The Morgan fingerprint density at radius 3 is 2.00 bits per heavy atom. The topological polar surface area (TPSA) is 66.0 Å². The summed E-state index contributed by atoms with van der Waals surface area (Å²) in [6.07, 6.45) is 0. The van der Waals surface area contributed by atoms with E-state index in [4.69, 9.17) is 11.5 Å². The Labute approximate surface area is 42.7 Å². The van der Waals surface area contributed by atoms with Gasteiger partial charge in [-0.1, -0.05) is 0 Å². The van der Waals surface area contributed by atoms with Crippen LogP contribution in [0.5, 0.6) is 0 Å². The number of hydrogen-bond acceptors (Lipinski definition) is 1. The van der Waals surface area contributed by atoms with E-state index in [0.29, 0.717) is 11.7 Å². The Kier molecular flexibility index (Phi) is 1.91. The van der Waals surface area contributed by atoms with Crippen LogP contribution in [0.2, 0.25) is 0 Å². The van der Waals surface area contributed by atoms with Crippen LogP contribution in [0.3, 0.4) is 0 Å². The monoisotopic (exact) mass is 100 g/mol. The van der Waals surface area contributed by atoms with Gasteiger partial charge in [-0.05, 0) is 6.58 Å². The first-order valence-electron chi connectivity index (χ1n) is 1.93. The highest BCUT2D eigenvalue weighted by molar-refractivity contribution is 5.71. The van der Waals surface area contributed by atoms with Crippen LogP contribution in [0, 0.1) is 0 Å². The fraction of sp³-hybridized carbons (Fsp3) is 0.250. The van der Waals surface area contributed by atoms with Crippen molar-refractivity contribution in [2.75, 3.05) is 0 Å². The molecular formula is C4H10N3+. The van der Waals surface area contributed by atoms with Crippen LogP contribution in [0.15, 0.2) is 12.4 Å². The zero-order valence-corrected chi connectivity index (χ0v) is 4.36. The zero-order chi connectivity index (χ0) is 5.86. The molecule has 7 heavy (non-hydrogen) atoms. The van der Waals surface area contributed by atoms with Crippen LogP contribution < -0.4 is 16.5 Å². The molecule has 0 aromatic rings. The molecule has 0 atom stereocenters. The molecule has 0 fully saturated rings. The molecule has 0 bridgehead atoms. The van der Waals surface area contributed by atoms with Crippen molar-refractivity contribution in [3.8, 4) is 0 Å². The van der Waals surface area contributed by atoms with Crippen molar-refractivity contribution in [2.45, 2.75) is 6.92 Å². The van der Waals surface area contributed by atoms with E-state index in [0.717, 1.165) is 0 Å². The number of nitrogens with one attached hydrogen (secondary N) is 1. The van der Waals surface area contributed by atoms with Crippen LogP contribution in [0.1, 0.15) is 6.92 Å². The van der Waals surface area contributed by atoms with Gasteiger partial charge in [-0.2, -0.15) is 0 Å². The van der Waals surface area contributed by atoms with Gasteiger partial charge in [0.15, 0.2) is 5.84 Å². The first-order valence-corrected chi connectivity index (χ1v) is 1.93. The molecule has 3 nitrogen and oxygen atoms in total. The molecule has 40 valence electrons. The van der Waals surface area contributed by atoms with E-state index in [-0.39, 0.29) is 0 Å². The summed E-state index contributed by atoms with van der Waals surface area (Å²) in [6.45, 7) is 5.07. The van der Waals surface area contributed by atoms with E-state index in [1.165, 1.54) is 0 Å². The lowest BCUT2D eigenvalue weighted by molar-refractivity contribution is -0.399. The van der Waals surface area contributed by atoms with Crippen molar-refractivity contribution in [3.05, 3.63) is 12.4 Å². The molecule has 0 aromatic heterocycles. The summed E-state index contributed by atoms with van der Waals surface area (Å²) in [6, 6.07) is 0. The van der Waals surface area contributed by atoms with Gasteiger partial charge in [0.25, 0.3) is 0 Å². The summed E-state index contributed by atoms with van der Waals surface area (Å²) in [7, 11) is 0. The zero-order valence-electron chi connectivity index (χ0n) is 4.36. The Balaban J connectivity index is 3.68. The van der Waals surface area contributed by atoms with Gasteiger partial charge in [0.2, 0.25) is 5.82 Å². The third kappa shape index (κ3) is 5.01. The van der Waals surface area contributed by atoms with Crippen molar-refractivity contribution in [3.63, 3.8) is 0 Å². The lowest BCUT2D eigenvalue weighted by atomic mass is 10.7. The van der Waals surface area contributed by atoms with Gasteiger partial charge in [0, 0.05) is 6.92 Å². The molecule has 0 aliphatic carbocycles. The van der Waals surface area contributed by atoms with Crippen molar-refractivity contribution < 1.29 is 4.99 Å². The number of hydrogen-bond donors (Lipinski definition) is 3. The first kappa shape index (κ1) is 6.01. The van der Waals surface area contributed by atoms with Crippen molar-refractivity contribution in [2.24, 2.45) is 11.5 Å². The number of nitrogens with two attached hydrogens (primary N) is 2. The summed E-state index contributed by atoms with van der Waals surface area (Å²) in [5, 5.41) is 0. The van der Waals surface area contributed by atoms with Gasteiger partial charge >= 0.3 is 0 Å². The maximum atomic E-state index is 5.16. The summed E-state index contributed by atoms with van der Waals surface area (Å²) in [5.74, 6) is 0.938. The Bertz CT molecular complexity index is 99.5. The van der Waals surface area contributed by atoms with E-state index in [1.807, 2.05) is 0 Å². The van der Waals surface area contributed by atoms with Crippen molar-refractivity contribution >= 4 is 5.84 Å². The SMILES string of the molecule is C=C(N)[NH+]=C(C)N. The minimum atomic E-state index is 0.375. The molecule has 0 saturated heterocycles. The van der Waals surface area contributed by atoms with E-state index < -0.39 is 0 Å². The summed E-state index contributed by atoms with van der Waals surface area (Å²) < 4.78 is 0. The third-order valence-electron chi connectivity index (χ3n) is 0.358. The Hall–Kier alpha value is -0.990. The van der Waals surface area contributed by atoms with Gasteiger partial charge in [-0.25, -0.2) is 0 Å². The highest BCUT2D eigenvalue weighted by Crippen LogP contribution is 1.41. The van der Waals surface area contributed by atoms with Crippen LogP contribution in [-0.4, -0.2) is 5.84 Å². The van der Waals surface area contributed by atoms with Crippen LogP contribution in [0.4, 0.5) is 0 Å². The van der Waals surface area contributed by atoms with Gasteiger partial charge in [-0.15, -0.1) is 0 Å². The molecule has 0 heterocycles. The molecule has 0 radical (unpaired) electrons. The second-order valence-electron chi connectivity index (χ2n) is 1.33. The normalized spacial score (nSPS) is 11.3. The molecule has 0 aliphatic heterocycles. The Morgan fingerprint density at radius 1 is 1.57 bits per heavy atom. The molecule has 0 aliphatic rings. The predicted octanol–water partition coefficient (Wildman–Crippen LogP) is -2.13. The smallest absolute Gasteiger partial charge is 0.209 e. The van der Waals surface area contributed by atoms with E-state index in [9.17, 15) is 0 Å². The van der Waals surface area contributed by atoms with E-state index in [2.05, 4.69) is 11.6 Å². The van der Waals surface area contributed by atoms with E-state index in [1.54, 1.807) is 6.92 Å². The van der Waals surface area contributed by atoms with Gasteiger partial charge in [0.05, 0.1) is 0 Å². The molecule has 0 amide bonds. The van der Waals surface area contributed by atoms with Gasteiger partial charge in [-0.3, -0.25) is 4.99 Å². The second-order valence-corrected chi connectivity index (χ2v) is 1.33. The molecule has 0 spiro atoms. The molecule has 0 saturated carbocycles.